The molecule has 0 bridgehead atoms. The normalized spacial score (nSPS) is 22.9. The Balaban J connectivity index is 2.03. The summed E-state index contributed by atoms with van der Waals surface area (Å²) in [5.41, 5.74) is 0.954. The zero-order valence-corrected chi connectivity index (χ0v) is 10.6. The fourth-order valence-electron chi connectivity index (χ4n) is 1.52. The Labute approximate surface area is 96.3 Å². The molecule has 0 saturated carbocycles. The van der Waals surface area contributed by atoms with Crippen LogP contribution < -0.4 is 0 Å². The molecule has 0 radical (unpaired) electrons. The van der Waals surface area contributed by atoms with Crippen molar-refractivity contribution in [2.75, 3.05) is 13.2 Å². The number of benzene rings is 1. The molecule has 0 aliphatic carbocycles. The van der Waals surface area contributed by atoms with Crippen LogP contribution in [-0.2, 0) is 19.8 Å². The first-order valence-electron chi connectivity index (χ1n) is 5.41. The maximum absolute atomic E-state index is 12.2. The molecule has 16 heavy (non-hydrogen) atoms. The second kappa shape index (κ2) is 4.33. The van der Waals surface area contributed by atoms with Crippen LogP contribution in [0.2, 0.25) is 0 Å². The van der Waals surface area contributed by atoms with Crippen molar-refractivity contribution in [3.05, 3.63) is 35.9 Å². The molecular formula is C12H17O3P. The van der Waals surface area contributed by atoms with Gasteiger partial charge in [0, 0.05) is 5.41 Å². The standard InChI is InChI=1S/C12H17O3P/c1-12(2)9-14-16(13,15-10-12)8-11-6-4-3-5-7-11/h3-7H,8-10H2,1-2H3. The van der Waals surface area contributed by atoms with Crippen molar-refractivity contribution in [3.63, 3.8) is 0 Å². The second-order valence-electron chi connectivity index (χ2n) is 4.97. The van der Waals surface area contributed by atoms with Crippen molar-refractivity contribution in [3.8, 4) is 0 Å². The highest BCUT2D eigenvalue weighted by Crippen LogP contribution is 2.55. The lowest BCUT2D eigenvalue weighted by Crippen LogP contribution is -2.29. The van der Waals surface area contributed by atoms with Gasteiger partial charge in [-0.15, -0.1) is 0 Å². The average molecular weight is 240 g/mol. The van der Waals surface area contributed by atoms with Crippen LogP contribution in [0.4, 0.5) is 0 Å². The predicted octanol–water partition coefficient (Wildman–Crippen LogP) is 3.45. The fourth-order valence-corrected chi connectivity index (χ4v) is 3.53. The highest BCUT2D eigenvalue weighted by molar-refractivity contribution is 7.53. The highest BCUT2D eigenvalue weighted by atomic mass is 31.2. The molecule has 1 aliphatic heterocycles. The summed E-state index contributed by atoms with van der Waals surface area (Å²) in [5, 5.41) is 0. The SMILES string of the molecule is CC1(C)COP(=O)(Cc2ccccc2)OC1. The summed E-state index contributed by atoms with van der Waals surface area (Å²) in [4.78, 5) is 0. The van der Waals surface area contributed by atoms with Crippen LogP contribution in [0.25, 0.3) is 0 Å². The first-order valence-corrected chi connectivity index (χ1v) is 7.14. The van der Waals surface area contributed by atoms with Gasteiger partial charge < -0.3 is 9.05 Å². The molecule has 0 amide bonds. The topological polar surface area (TPSA) is 35.5 Å². The highest BCUT2D eigenvalue weighted by Gasteiger charge is 2.36. The lowest BCUT2D eigenvalue weighted by Gasteiger charge is -2.34. The van der Waals surface area contributed by atoms with Gasteiger partial charge >= 0.3 is 7.60 Å². The van der Waals surface area contributed by atoms with E-state index in [0.717, 1.165) is 5.56 Å². The van der Waals surface area contributed by atoms with Crippen molar-refractivity contribution in [2.24, 2.45) is 5.41 Å². The summed E-state index contributed by atoms with van der Waals surface area (Å²) in [7, 11) is -2.92. The van der Waals surface area contributed by atoms with Crippen LogP contribution in [0, 0.1) is 5.41 Å². The van der Waals surface area contributed by atoms with Gasteiger partial charge in [0.15, 0.2) is 0 Å². The van der Waals surface area contributed by atoms with E-state index >= 15 is 0 Å². The largest absolute Gasteiger partial charge is 0.335 e. The third-order valence-electron chi connectivity index (χ3n) is 2.52. The summed E-state index contributed by atoms with van der Waals surface area (Å²) in [6.07, 6.45) is 0.365. The lowest BCUT2D eigenvalue weighted by atomic mass is 9.97. The Morgan fingerprint density at radius 2 is 1.75 bits per heavy atom. The van der Waals surface area contributed by atoms with Crippen LogP contribution >= 0.6 is 7.60 Å². The number of hydrogen-bond acceptors (Lipinski definition) is 3. The van der Waals surface area contributed by atoms with E-state index in [4.69, 9.17) is 9.05 Å². The number of hydrogen-bond donors (Lipinski definition) is 0. The van der Waals surface area contributed by atoms with Crippen molar-refractivity contribution >= 4 is 7.60 Å². The molecule has 3 nitrogen and oxygen atoms in total. The van der Waals surface area contributed by atoms with Crippen LogP contribution in [0.1, 0.15) is 19.4 Å². The summed E-state index contributed by atoms with van der Waals surface area (Å²) >= 11 is 0. The van der Waals surface area contributed by atoms with Crippen LogP contribution in [0.5, 0.6) is 0 Å². The third-order valence-corrected chi connectivity index (χ3v) is 4.32. The van der Waals surface area contributed by atoms with Crippen molar-refractivity contribution in [1.29, 1.82) is 0 Å². The minimum absolute atomic E-state index is 0.0371. The van der Waals surface area contributed by atoms with Crippen LogP contribution in [0.3, 0.4) is 0 Å². The minimum atomic E-state index is -2.92. The maximum atomic E-state index is 12.2. The van der Waals surface area contributed by atoms with Gasteiger partial charge in [0.2, 0.25) is 0 Å². The summed E-state index contributed by atoms with van der Waals surface area (Å²) in [6, 6.07) is 9.66. The van der Waals surface area contributed by atoms with Crippen LogP contribution in [-0.4, -0.2) is 13.2 Å². The molecule has 88 valence electrons. The molecule has 1 aromatic carbocycles. The first kappa shape index (κ1) is 11.8. The van der Waals surface area contributed by atoms with E-state index in [1.165, 1.54) is 0 Å². The Morgan fingerprint density at radius 3 is 2.31 bits per heavy atom. The molecule has 1 aliphatic rings. The molecule has 1 fully saturated rings. The molecule has 2 rings (SSSR count). The molecule has 0 aromatic heterocycles. The van der Waals surface area contributed by atoms with Gasteiger partial charge in [-0.2, -0.15) is 0 Å². The monoisotopic (exact) mass is 240 g/mol. The van der Waals surface area contributed by atoms with E-state index in [0.29, 0.717) is 19.4 Å². The van der Waals surface area contributed by atoms with Gasteiger partial charge in [-0.25, -0.2) is 0 Å². The van der Waals surface area contributed by atoms with E-state index < -0.39 is 7.60 Å². The van der Waals surface area contributed by atoms with Gasteiger partial charge in [0.25, 0.3) is 0 Å². The molecule has 1 heterocycles. The van der Waals surface area contributed by atoms with E-state index in [1.54, 1.807) is 0 Å². The van der Waals surface area contributed by atoms with E-state index in [9.17, 15) is 4.57 Å². The average Bonchev–Trinajstić information content (AvgIpc) is 2.25. The summed E-state index contributed by atoms with van der Waals surface area (Å²) in [6.45, 7) is 5.08. The Morgan fingerprint density at radius 1 is 1.19 bits per heavy atom. The van der Waals surface area contributed by atoms with Gasteiger partial charge in [0.1, 0.15) is 0 Å². The molecule has 0 spiro atoms. The van der Waals surface area contributed by atoms with Crippen molar-refractivity contribution in [2.45, 2.75) is 20.0 Å². The lowest BCUT2D eigenvalue weighted by molar-refractivity contribution is 0.0409. The van der Waals surface area contributed by atoms with Gasteiger partial charge in [-0.05, 0) is 5.56 Å². The smallest absolute Gasteiger partial charge is 0.308 e. The molecule has 0 unspecified atom stereocenters. The van der Waals surface area contributed by atoms with Gasteiger partial charge in [-0.3, -0.25) is 4.57 Å². The van der Waals surface area contributed by atoms with Crippen LogP contribution in [0.15, 0.2) is 30.3 Å². The van der Waals surface area contributed by atoms with E-state index in [1.807, 2.05) is 44.2 Å². The van der Waals surface area contributed by atoms with E-state index in [-0.39, 0.29) is 5.41 Å². The molecular weight excluding hydrogens is 223 g/mol. The Kier molecular flexibility index (Phi) is 3.20. The van der Waals surface area contributed by atoms with Crippen molar-refractivity contribution in [1.82, 2.24) is 0 Å². The molecule has 0 N–H and O–H groups in total. The summed E-state index contributed by atoms with van der Waals surface area (Å²) in [5.74, 6) is 0. The second-order valence-corrected chi connectivity index (χ2v) is 7.02. The van der Waals surface area contributed by atoms with Crippen molar-refractivity contribution < 1.29 is 13.6 Å². The predicted molar refractivity (Wildman–Crippen MR) is 63.4 cm³/mol. The maximum Gasteiger partial charge on any atom is 0.335 e. The Hall–Kier alpha value is -0.630. The molecule has 4 heteroatoms. The summed E-state index contributed by atoms with van der Waals surface area (Å²) < 4.78 is 23.1. The zero-order chi connectivity index (χ0) is 11.6. The minimum Gasteiger partial charge on any atom is -0.308 e. The van der Waals surface area contributed by atoms with Gasteiger partial charge in [0.05, 0.1) is 19.4 Å². The van der Waals surface area contributed by atoms with E-state index in [2.05, 4.69) is 0 Å². The molecule has 0 atom stereocenters. The third kappa shape index (κ3) is 2.94. The fraction of sp³-hybridized carbons (Fsp3) is 0.500. The number of rotatable bonds is 2. The molecule has 1 aromatic rings. The zero-order valence-electron chi connectivity index (χ0n) is 9.68. The van der Waals surface area contributed by atoms with Gasteiger partial charge in [-0.1, -0.05) is 44.2 Å². The quantitative estimate of drug-likeness (QED) is 0.743. The Bertz CT molecular complexity index is 386. The first-order chi connectivity index (χ1) is 7.49. The molecule has 1 saturated heterocycles.